The Hall–Kier alpha value is -1.85. The van der Waals surface area contributed by atoms with Gasteiger partial charge in [0.05, 0.1) is 11.5 Å². The molecule has 2 N–H and O–H groups in total. The SMILES string of the molecule is O=C(Nc1cccc(NC2CCCOC2)c1)c1cccs1. The maximum Gasteiger partial charge on any atom is 0.265 e. The quantitative estimate of drug-likeness (QED) is 0.907. The fourth-order valence-corrected chi connectivity index (χ4v) is 3.00. The van der Waals surface area contributed by atoms with Crippen LogP contribution in [0.4, 0.5) is 11.4 Å². The molecule has 1 atom stereocenters. The third kappa shape index (κ3) is 3.83. The summed E-state index contributed by atoms with van der Waals surface area (Å²) in [5.74, 6) is -0.0665. The highest BCUT2D eigenvalue weighted by molar-refractivity contribution is 7.12. The van der Waals surface area contributed by atoms with Crippen LogP contribution >= 0.6 is 11.3 Å². The Morgan fingerprint density at radius 2 is 2.14 bits per heavy atom. The van der Waals surface area contributed by atoms with Crippen LogP contribution in [0.25, 0.3) is 0 Å². The number of rotatable bonds is 4. The maximum atomic E-state index is 12.0. The van der Waals surface area contributed by atoms with Crippen LogP contribution in [0.2, 0.25) is 0 Å². The topological polar surface area (TPSA) is 50.4 Å². The van der Waals surface area contributed by atoms with Gasteiger partial charge in [0, 0.05) is 24.0 Å². The zero-order valence-electron chi connectivity index (χ0n) is 11.7. The van der Waals surface area contributed by atoms with Crippen molar-refractivity contribution in [1.29, 1.82) is 0 Å². The lowest BCUT2D eigenvalue weighted by atomic mass is 10.1. The van der Waals surface area contributed by atoms with Crippen molar-refractivity contribution < 1.29 is 9.53 Å². The van der Waals surface area contributed by atoms with E-state index in [0.717, 1.165) is 37.4 Å². The summed E-state index contributed by atoms with van der Waals surface area (Å²) < 4.78 is 5.47. The van der Waals surface area contributed by atoms with Gasteiger partial charge in [-0.1, -0.05) is 12.1 Å². The molecule has 110 valence electrons. The van der Waals surface area contributed by atoms with E-state index in [1.54, 1.807) is 0 Å². The highest BCUT2D eigenvalue weighted by atomic mass is 32.1. The number of anilines is 2. The molecule has 1 unspecified atom stereocenters. The third-order valence-corrected chi connectivity index (χ3v) is 4.27. The fraction of sp³-hybridized carbons (Fsp3) is 0.312. The molecule has 21 heavy (non-hydrogen) atoms. The summed E-state index contributed by atoms with van der Waals surface area (Å²) in [6.07, 6.45) is 2.21. The van der Waals surface area contributed by atoms with Gasteiger partial charge < -0.3 is 15.4 Å². The standard InChI is InChI=1S/C16H18N2O2S/c19-16(15-7-3-9-21-15)18-13-5-1-4-12(10-13)17-14-6-2-8-20-11-14/h1,3-5,7,9-10,14,17H,2,6,8,11H2,(H,18,19). The normalized spacial score (nSPS) is 18.2. The van der Waals surface area contributed by atoms with Gasteiger partial charge in [0.15, 0.2) is 0 Å². The fourth-order valence-electron chi connectivity index (χ4n) is 2.38. The average Bonchev–Trinajstić information content (AvgIpc) is 3.03. The first-order chi connectivity index (χ1) is 10.3. The van der Waals surface area contributed by atoms with E-state index < -0.39 is 0 Å². The smallest absolute Gasteiger partial charge is 0.265 e. The van der Waals surface area contributed by atoms with Crippen molar-refractivity contribution in [1.82, 2.24) is 0 Å². The molecule has 0 aliphatic carbocycles. The van der Waals surface area contributed by atoms with Crippen molar-refractivity contribution in [3.8, 4) is 0 Å². The van der Waals surface area contributed by atoms with Gasteiger partial charge in [0.25, 0.3) is 5.91 Å². The first-order valence-electron chi connectivity index (χ1n) is 7.10. The van der Waals surface area contributed by atoms with Crippen LogP contribution in [0.1, 0.15) is 22.5 Å². The number of hydrogen-bond donors (Lipinski definition) is 2. The number of nitrogens with one attached hydrogen (secondary N) is 2. The molecule has 0 saturated carbocycles. The molecule has 4 nitrogen and oxygen atoms in total. The molecule has 1 aliphatic rings. The molecule has 0 radical (unpaired) electrons. The van der Waals surface area contributed by atoms with E-state index in [1.165, 1.54) is 11.3 Å². The number of carbonyl (C=O) groups excluding carboxylic acids is 1. The number of carbonyl (C=O) groups is 1. The van der Waals surface area contributed by atoms with E-state index in [4.69, 9.17) is 4.74 Å². The van der Waals surface area contributed by atoms with Crippen molar-refractivity contribution in [2.24, 2.45) is 0 Å². The lowest BCUT2D eigenvalue weighted by Gasteiger charge is -2.24. The summed E-state index contributed by atoms with van der Waals surface area (Å²) in [6, 6.07) is 11.9. The highest BCUT2D eigenvalue weighted by Crippen LogP contribution is 2.20. The molecule has 2 heterocycles. The molecule has 1 aromatic heterocycles. The Balaban J connectivity index is 1.64. The summed E-state index contributed by atoms with van der Waals surface area (Å²) in [5, 5.41) is 8.28. The molecule has 1 fully saturated rings. The predicted octanol–water partition coefficient (Wildman–Crippen LogP) is 3.59. The Kier molecular flexibility index (Phi) is 4.52. The zero-order valence-corrected chi connectivity index (χ0v) is 12.5. The average molecular weight is 302 g/mol. The van der Waals surface area contributed by atoms with Crippen LogP contribution in [0.3, 0.4) is 0 Å². The molecule has 0 spiro atoms. The van der Waals surface area contributed by atoms with Gasteiger partial charge in [-0.2, -0.15) is 0 Å². The third-order valence-electron chi connectivity index (χ3n) is 3.40. The van der Waals surface area contributed by atoms with Gasteiger partial charge in [-0.05, 0) is 42.5 Å². The van der Waals surface area contributed by atoms with Crippen LogP contribution < -0.4 is 10.6 Å². The van der Waals surface area contributed by atoms with Gasteiger partial charge >= 0.3 is 0 Å². The first-order valence-corrected chi connectivity index (χ1v) is 7.98. The molecular formula is C16H18N2O2S. The second-order valence-electron chi connectivity index (χ2n) is 5.07. The summed E-state index contributed by atoms with van der Waals surface area (Å²) >= 11 is 1.44. The monoisotopic (exact) mass is 302 g/mol. The molecule has 3 rings (SSSR count). The van der Waals surface area contributed by atoms with Crippen LogP contribution in [-0.2, 0) is 4.74 Å². The summed E-state index contributed by atoms with van der Waals surface area (Å²) in [6.45, 7) is 1.60. The van der Waals surface area contributed by atoms with Gasteiger partial charge in [0.2, 0.25) is 0 Å². The minimum absolute atomic E-state index is 0.0665. The molecule has 1 aromatic carbocycles. The van der Waals surface area contributed by atoms with E-state index >= 15 is 0 Å². The Morgan fingerprint density at radius 1 is 1.24 bits per heavy atom. The minimum atomic E-state index is -0.0665. The Morgan fingerprint density at radius 3 is 2.90 bits per heavy atom. The molecule has 0 bridgehead atoms. The summed E-state index contributed by atoms with van der Waals surface area (Å²) in [5.41, 5.74) is 1.81. The van der Waals surface area contributed by atoms with Crippen molar-refractivity contribution in [3.05, 3.63) is 46.7 Å². The zero-order chi connectivity index (χ0) is 14.5. The Labute approximate surface area is 128 Å². The molecule has 5 heteroatoms. The maximum absolute atomic E-state index is 12.0. The number of hydrogen-bond acceptors (Lipinski definition) is 4. The van der Waals surface area contributed by atoms with E-state index in [0.29, 0.717) is 10.9 Å². The molecule has 1 saturated heterocycles. The molecule has 2 aromatic rings. The van der Waals surface area contributed by atoms with E-state index in [-0.39, 0.29) is 5.91 Å². The first kappa shape index (κ1) is 14.1. The second-order valence-corrected chi connectivity index (χ2v) is 6.02. The van der Waals surface area contributed by atoms with Gasteiger partial charge in [-0.3, -0.25) is 4.79 Å². The minimum Gasteiger partial charge on any atom is -0.380 e. The van der Waals surface area contributed by atoms with Crippen LogP contribution in [0, 0.1) is 0 Å². The molecular weight excluding hydrogens is 284 g/mol. The molecule has 1 aliphatic heterocycles. The predicted molar refractivity (Wildman–Crippen MR) is 86.2 cm³/mol. The number of ether oxygens (including phenoxy) is 1. The van der Waals surface area contributed by atoms with Crippen molar-refractivity contribution >= 4 is 28.6 Å². The van der Waals surface area contributed by atoms with Crippen molar-refractivity contribution in [2.75, 3.05) is 23.8 Å². The number of amides is 1. The van der Waals surface area contributed by atoms with Gasteiger partial charge in [-0.25, -0.2) is 0 Å². The van der Waals surface area contributed by atoms with Gasteiger partial charge in [-0.15, -0.1) is 11.3 Å². The highest BCUT2D eigenvalue weighted by Gasteiger charge is 2.13. The summed E-state index contributed by atoms with van der Waals surface area (Å²) in [7, 11) is 0. The van der Waals surface area contributed by atoms with Crippen LogP contribution in [-0.4, -0.2) is 25.2 Å². The van der Waals surface area contributed by atoms with E-state index in [9.17, 15) is 4.79 Å². The van der Waals surface area contributed by atoms with Crippen LogP contribution in [0.5, 0.6) is 0 Å². The van der Waals surface area contributed by atoms with Gasteiger partial charge in [0.1, 0.15) is 0 Å². The Bertz CT molecular complexity index is 592. The number of thiophene rings is 1. The number of benzene rings is 1. The lowest BCUT2D eigenvalue weighted by Crippen LogP contribution is -2.29. The largest absolute Gasteiger partial charge is 0.380 e. The van der Waals surface area contributed by atoms with Crippen molar-refractivity contribution in [2.45, 2.75) is 18.9 Å². The van der Waals surface area contributed by atoms with Crippen LogP contribution in [0.15, 0.2) is 41.8 Å². The van der Waals surface area contributed by atoms with Crippen molar-refractivity contribution in [3.63, 3.8) is 0 Å². The molecule has 1 amide bonds. The lowest BCUT2D eigenvalue weighted by molar-refractivity contribution is 0.0876. The second kappa shape index (κ2) is 6.74. The van der Waals surface area contributed by atoms with E-state index in [2.05, 4.69) is 10.6 Å². The summed E-state index contributed by atoms with van der Waals surface area (Å²) in [4.78, 5) is 12.8. The van der Waals surface area contributed by atoms with E-state index in [1.807, 2.05) is 41.8 Å².